The number of hydrazone groups is 1. The number of nitro groups is 1. The molecule has 0 aliphatic rings. The lowest BCUT2D eigenvalue weighted by atomic mass is 10.2. The molecule has 0 aromatic heterocycles. The molecule has 0 aliphatic heterocycles. The molecule has 8 nitrogen and oxygen atoms in total. The van der Waals surface area contributed by atoms with Gasteiger partial charge in [-0.05, 0) is 66.3 Å². The molecule has 0 heterocycles. The van der Waals surface area contributed by atoms with E-state index in [4.69, 9.17) is 11.6 Å². The van der Waals surface area contributed by atoms with Crippen molar-refractivity contribution in [3.8, 4) is 5.75 Å². The van der Waals surface area contributed by atoms with Crippen LogP contribution in [0, 0.1) is 20.6 Å². The van der Waals surface area contributed by atoms with Crippen LogP contribution in [-0.4, -0.2) is 28.2 Å². The number of carbonyl (C=O) groups is 1. The predicted molar refractivity (Wildman–Crippen MR) is 112 cm³/mol. The van der Waals surface area contributed by atoms with Gasteiger partial charge in [-0.1, -0.05) is 11.6 Å². The number of anilines is 1. The van der Waals surface area contributed by atoms with Crippen LogP contribution in [0.25, 0.3) is 0 Å². The molecule has 1 amide bonds. The Morgan fingerprint density at radius 2 is 2.11 bits per heavy atom. The van der Waals surface area contributed by atoms with E-state index in [1.807, 2.05) is 25.1 Å². The number of phenols is 1. The maximum absolute atomic E-state index is 12.2. The quantitative estimate of drug-likeness (QED) is 0.240. The SMILES string of the molecule is Cc1cc(I)ccc1NC(C)C(=O)NN=Cc1cc(Cl)cc([N+](=O)[O-])c1O. The standard InChI is InChI=1S/C17H16ClIN4O4/c1-9-5-13(19)3-4-14(9)21-10(2)17(25)22-20-8-11-6-12(18)7-15(16(11)24)23(26)27/h3-8,10,21,24H,1-2H3,(H,22,25). The molecule has 1 atom stereocenters. The van der Waals surface area contributed by atoms with E-state index < -0.39 is 28.3 Å². The fraction of sp³-hybridized carbons (Fsp3) is 0.176. The molecule has 27 heavy (non-hydrogen) atoms. The smallest absolute Gasteiger partial charge is 0.312 e. The number of hydrogen-bond acceptors (Lipinski definition) is 6. The Hall–Kier alpha value is -2.40. The molecule has 3 N–H and O–H groups in total. The number of hydrogen-bond donors (Lipinski definition) is 3. The van der Waals surface area contributed by atoms with E-state index in [0.717, 1.165) is 27.1 Å². The minimum Gasteiger partial charge on any atom is -0.502 e. The summed E-state index contributed by atoms with van der Waals surface area (Å²) in [5, 5.41) is 27.7. The van der Waals surface area contributed by atoms with E-state index in [-0.39, 0.29) is 10.6 Å². The van der Waals surface area contributed by atoms with E-state index in [0.29, 0.717) is 0 Å². The van der Waals surface area contributed by atoms with Crippen molar-refractivity contribution in [3.05, 3.63) is 60.2 Å². The Balaban J connectivity index is 2.05. The van der Waals surface area contributed by atoms with Gasteiger partial charge in [0.1, 0.15) is 6.04 Å². The lowest BCUT2D eigenvalue weighted by Gasteiger charge is -2.15. The molecule has 2 rings (SSSR count). The number of benzene rings is 2. The van der Waals surface area contributed by atoms with Crippen molar-refractivity contribution >= 4 is 57.7 Å². The maximum Gasteiger partial charge on any atom is 0.312 e. The third kappa shape index (κ3) is 5.54. The average molecular weight is 503 g/mol. The number of nitro benzene ring substituents is 1. The second kappa shape index (κ2) is 9.00. The number of carbonyl (C=O) groups excluding carboxylic acids is 1. The lowest BCUT2D eigenvalue weighted by molar-refractivity contribution is -0.385. The summed E-state index contributed by atoms with van der Waals surface area (Å²) < 4.78 is 1.09. The summed E-state index contributed by atoms with van der Waals surface area (Å²) in [5.41, 5.74) is 3.62. The van der Waals surface area contributed by atoms with Crippen molar-refractivity contribution < 1.29 is 14.8 Å². The predicted octanol–water partition coefficient (Wildman–Crippen LogP) is 3.82. The number of amides is 1. The average Bonchev–Trinajstić information content (AvgIpc) is 2.59. The summed E-state index contributed by atoms with van der Waals surface area (Å²) in [6.07, 6.45) is 1.09. The topological polar surface area (TPSA) is 117 Å². The molecule has 0 saturated heterocycles. The number of aryl methyl sites for hydroxylation is 1. The summed E-state index contributed by atoms with van der Waals surface area (Å²) in [4.78, 5) is 22.3. The minimum absolute atomic E-state index is 0.0172. The first kappa shape index (κ1) is 20.9. The van der Waals surface area contributed by atoms with Crippen LogP contribution in [0.2, 0.25) is 5.02 Å². The van der Waals surface area contributed by atoms with Crippen molar-refractivity contribution in [3.63, 3.8) is 0 Å². The van der Waals surface area contributed by atoms with E-state index >= 15 is 0 Å². The fourth-order valence-corrected chi connectivity index (χ4v) is 3.06. The minimum atomic E-state index is -0.757. The van der Waals surface area contributed by atoms with Crippen LogP contribution in [0.1, 0.15) is 18.1 Å². The molecule has 142 valence electrons. The van der Waals surface area contributed by atoms with E-state index in [9.17, 15) is 20.0 Å². The zero-order valence-corrected chi connectivity index (χ0v) is 17.3. The third-order valence-corrected chi connectivity index (χ3v) is 4.50. The van der Waals surface area contributed by atoms with Gasteiger partial charge in [-0.2, -0.15) is 5.10 Å². The molecule has 2 aromatic rings. The third-order valence-electron chi connectivity index (χ3n) is 3.61. The number of phenolic OH excluding ortho intramolecular Hbond substituents is 1. The number of nitrogens with one attached hydrogen (secondary N) is 2. The van der Waals surface area contributed by atoms with Gasteiger partial charge in [0.25, 0.3) is 5.91 Å². The number of rotatable bonds is 6. The summed E-state index contributed by atoms with van der Waals surface area (Å²) in [5.74, 6) is -0.997. The van der Waals surface area contributed by atoms with Crippen molar-refractivity contribution in [2.24, 2.45) is 5.10 Å². The Kier molecular flexibility index (Phi) is 6.97. The zero-order chi connectivity index (χ0) is 20.1. The molecular formula is C17H16ClIN4O4. The molecule has 2 aromatic carbocycles. The highest BCUT2D eigenvalue weighted by atomic mass is 127. The first-order valence-corrected chi connectivity index (χ1v) is 9.17. The first-order chi connectivity index (χ1) is 12.7. The Morgan fingerprint density at radius 1 is 1.41 bits per heavy atom. The van der Waals surface area contributed by atoms with Gasteiger partial charge in [0.15, 0.2) is 0 Å². The molecule has 0 bridgehead atoms. The Labute approximate surface area is 173 Å². The first-order valence-electron chi connectivity index (χ1n) is 7.71. The largest absolute Gasteiger partial charge is 0.502 e. The summed E-state index contributed by atoms with van der Waals surface area (Å²) in [7, 11) is 0. The Morgan fingerprint density at radius 3 is 2.74 bits per heavy atom. The molecule has 0 aliphatic carbocycles. The molecule has 0 saturated carbocycles. The summed E-state index contributed by atoms with van der Waals surface area (Å²) in [6.45, 7) is 3.60. The van der Waals surface area contributed by atoms with Crippen LogP contribution >= 0.6 is 34.2 Å². The molecule has 0 radical (unpaired) electrons. The number of nitrogens with zero attached hydrogens (tertiary/aromatic N) is 2. The van der Waals surface area contributed by atoms with Crippen LogP contribution in [0.15, 0.2) is 35.4 Å². The van der Waals surface area contributed by atoms with Gasteiger partial charge in [0, 0.05) is 25.9 Å². The van der Waals surface area contributed by atoms with Gasteiger partial charge in [-0.3, -0.25) is 14.9 Å². The lowest BCUT2D eigenvalue weighted by Crippen LogP contribution is -2.35. The van der Waals surface area contributed by atoms with Gasteiger partial charge in [-0.15, -0.1) is 0 Å². The Bertz CT molecular complexity index is 920. The molecule has 0 fully saturated rings. The normalized spacial score (nSPS) is 12.0. The van der Waals surface area contributed by atoms with Crippen LogP contribution < -0.4 is 10.7 Å². The second-order valence-electron chi connectivity index (χ2n) is 5.68. The maximum atomic E-state index is 12.2. The van der Waals surface area contributed by atoms with Gasteiger partial charge < -0.3 is 10.4 Å². The number of halogens is 2. The van der Waals surface area contributed by atoms with Gasteiger partial charge in [0.05, 0.1) is 11.1 Å². The van der Waals surface area contributed by atoms with Crippen molar-refractivity contribution in [2.45, 2.75) is 19.9 Å². The zero-order valence-electron chi connectivity index (χ0n) is 14.4. The summed E-state index contributed by atoms with van der Waals surface area (Å²) in [6, 6.07) is 7.54. The highest BCUT2D eigenvalue weighted by Crippen LogP contribution is 2.32. The second-order valence-corrected chi connectivity index (χ2v) is 7.36. The van der Waals surface area contributed by atoms with Gasteiger partial charge in [0.2, 0.25) is 5.75 Å². The van der Waals surface area contributed by atoms with Crippen molar-refractivity contribution in [1.29, 1.82) is 0 Å². The molecule has 0 spiro atoms. The molecule has 10 heteroatoms. The molecule has 1 unspecified atom stereocenters. The highest BCUT2D eigenvalue weighted by molar-refractivity contribution is 14.1. The van der Waals surface area contributed by atoms with Crippen LogP contribution in [0.3, 0.4) is 0 Å². The van der Waals surface area contributed by atoms with E-state index in [1.54, 1.807) is 6.92 Å². The van der Waals surface area contributed by atoms with Crippen LogP contribution in [-0.2, 0) is 4.79 Å². The fourth-order valence-electron chi connectivity index (χ4n) is 2.19. The van der Waals surface area contributed by atoms with Gasteiger partial charge in [-0.25, -0.2) is 5.43 Å². The van der Waals surface area contributed by atoms with Gasteiger partial charge >= 0.3 is 5.69 Å². The van der Waals surface area contributed by atoms with Crippen molar-refractivity contribution in [1.82, 2.24) is 5.43 Å². The van der Waals surface area contributed by atoms with E-state index in [1.165, 1.54) is 6.07 Å². The van der Waals surface area contributed by atoms with Crippen LogP contribution in [0.5, 0.6) is 5.75 Å². The van der Waals surface area contributed by atoms with Crippen LogP contribution in [0.4, 0.5) is 11.4 Å². The van der Waals surface area contributed by atoms with E-state index in [2.05, 4.69) is 38.4 Å². The summed E-state index contributed by atoms with van der Waals surface area (Å²) >= 11 is 8.00. The molecular weight excluding hydrogens is 487 g/mol. The highest BCUT2D eigenvalue weighted by Gasteiger charge is 2.18. The van der Waals surface area contributed by atoms with Crippen molar-refractivity contribution in [2.75, 3.05) is 5.32 Å². The number of aromatic hydroxyl groups is 1. The monoisotopic (exact) mass is 502 g/mol.